The highest BCUT2D eigenvalue weighted by Gasteiger charge is 2.31. The first-order valence-corrected chi connectivity index (χ1v) is 11.6. The quantitative estimate of drug-likeness (QED) is 0.669. The lowest BCUT2D eigenvalue weighted by molar-refractivity contribution is 0.0602. The van der Waals surface area contributed by atoms with Gasteiger partial charge >= 0.3 is 5.97 Å². The topological polar surface area (TPSA) is 97.8 Å². The molecule has 1 heterocycles. The van der Waals surface area contributed by atoms with E-state index in [1.807, 2.05) is 0 Å². The van der Waals surface area contributed by atoms with Crippen molar-refractivity contribution in [2.24, 2.45) is 0 Å². The van der Waals surface area contributed by atoms with Gasteiger partial charge in [0.2, 0.25) is 10.0 Å². The maximum absolute atomic E-state index is 12.9. The fraction of sp³-hybridized carbons (Fsp3) is 0.312. The second kappa shape index (κ2) is 7.47. The minimum Gasteiger partial charge on any atom is -0.465 e. The van der Waals surface area contributed by atoms with E-state index in [1.54, 1.807) is 19.1 Å². The molecule has 0 aliphatic carbocycles. The summed E-state index contributed by atoms with van der Waals surface area (Å²) in [7, 11) is -4.68. The van der Waals surface area contributed by atoms with Crippen LogP contribution in [-0.4, -0.2) is 47.5 Å². The molecule has 10 heteroatoms. The summed E-state index contributed by atoms with van der Waals surface area (Å²) >= 11 is 0.992. The van der Waals surface area contributed by atoms with Crippen LogP contribution in [0.15, 0.2) is 45.5 Å². The molecule has 7 nitrogen and oxygen atoms in total. The highest BCUT2D eigenvalue weighted by molar-refractivity contribution is 7.90. The van der Waals surface area contributed by atoms with E-state index < -0.39 is 31.9 Å². The zero-order valence-corrected chi connectivity index (χ0v) is 17.1. The molecule has 0 radical (unpaired) electrons. The average Bonchev–Trinajstić information content (AvgIpc) is 3.09. The molecule has 26 heavy (non-hydrogen) atoms. The first-order chi connectivity index (χ1) is 12.0. The van der Waals surface area contributed by atoms with Crippen molar-refractivity contribution in [1.82, 2.24) is 4.31 Å². The van der Waals surface area contributed by atoms with Crippen molar-refractivity contribution in [3.05, 3.63) is 46.2 Å². The third-order valence-corrected chi connectivity index (χ3v) is 8.12. The van der Waals surface area contributed by atoms with E-state index in [-0.39, 0.29) is 14.7 Å². The van der Waals surface area contributed by atoms with E-state index in [9.17, 15) is 21.6 Å². The van der Waals surface area contributed by atoms with Crippen LogP contribution < -0.4 is 0 Å². The van der Waals surface area contributed by atoms with Gasteiger partial charge in [0.1, 0.15) is 9.77 Å². The third kappa shape index (κ3) is 3.98. The van der Waals surface area contributed by atoms with Gasteiger partial charge in [-0.25, -0.2) is 21.6 Å². The van der Waals surface area contributed by atoms with Crippen LogP contribution in [0.1, 0.15) is 28.2 Å². The molecule has 0 amide bonds. The van der Waals surface area contributed by atoms with Crippen molar-refractivity contribution < 1.29 is 26.4 Å². The second-order valence-corrected chi connectivity index (χ2v) is 10.5. The molecular weight excluding hydrogens is 398 g/mol. The molecule has 1 aromatic carbocycles. The number of sulfonamides is 1. The van der Waals surface area contributed by atoms with Crippen molar-refractivity contribution in [2.45, 2.75) is 22.8 Å². The van der Waals surface area contributed by atoms with E-state index in [1.165, 1.54) is 37.7 Å². The standard InChI is InChI=1S/C16H19NO6S3/c1-11(12-5-7-13(8-6-12)25(4,19)20)17(2)26(21,22)14-9-10-24-15(14)16(18)23-3/h5-11H,1-4H3. The Labute approximate surface area is 157 Å². The monoisotopic (exact) mass is 417 g/mol. The predicted molar refractivity (Wildman–Crippen MR) is 98.6 cm³/mol. The molecule has 0 N–H and O–H groups in total. The van der Waals surface area contributed by atoms with Crippen LogP contribution >= 0.6 is 11.3 Å². The van der Waals surface area contributed by atoms with Gasteiger partial charge in [-0.1, -0.05) is 12.1 Å². The van der Waals surface area contributed by atoms with E-state index in [2.05, 4.69) is 4.74 Å². The number of carbonyl (C=O) groups is 1. The molecule has 1 atom stereocenters. The number of methoxy groups -OCH3 is 1. The fourth-order valence-electron chi connectivity index (χ4n) is 2.31. The van der Waals surface area contributed by atoms with Crippen LogP contribution in [0.3, 0.4) is 0 Å². The minimum absolute atomic E-state index is 0.0129. The summed E-state index contributed by atoms with van der Waals surface area (Å²) in [6, 6.07) is 6.81. The third-order valence-electron chi connectivity index (χ3n) is 3.99. The van der Waals surface area contributed by atoms with Crippen LogP contribution in [-0.2, 0) is 24.6 Å². The van der Waals surface area contributed by atoms with Gasteiger partial charge in [-0.2, -0.15) is 4.31 Å². The smallest absolute Gasteiger partial charge is 0.349 e. The van der Waals surface area contributed by atoms with Gasteiger partial charge in [-0.3, -0.25) is 0 Å². The van der Waals surface area contributed by atoms with Gasteiger partial charge in [0.25, 0.3) is 0 Å². The van der Waals surface area contributed by atoms with Crippen LogP contribution in [0.4, 0.5) is 0 Å². The SMILES string of the molecule is COC(=O)c1sccc1S(=O)(=O)N(C)C(C)c1ccc(S(C)(=O)=O)cc1. The zero-order valence-electron chi connectivity index (χ0n) is 14.7. The predicted octanol–water partition coefficient (Wildman–Crippen LogP) is 2.32. The number of sulfone groups is 1. The van der Waals surface area contributed by atoms with E-state index in [0.717, 1.165) is 21.9 Å². The normalized spacial score (nSPS) is 13.6. The molecule has 0 saturated heterocycles. The Morgan fingerprint density at radius 1 is 1.12 bits per heavy atom. The Morgan fingerprint density at radius 3 is 2.19 bits per heavy atom. The lowest BCUT2D eigenvalue weighted by Gasteiger charge is -2.24. The van der Waals surface area contributed by atoms with Crippen molar-refractivity contribution in [3.63, 3.8) is 0 Å². The van der Waals surface area contributed by atoms with Gasteiger partial charge in [0.05, 0.1) is 12.0 Å². The first-order valence-electron chi connectivity index (χ1n) is 7.44. The molecule has 0 aliphatic heterocycles. The molecule has 0 spiro atoms. The Morgan fingerprint density at radius 2 is 1.69 bits per heavy atom. The maximum Gasteiger partial charge on any atom is 0.349 e. The Balaban J connectivity index is 2.37. The number of rotatable bonds is 6. The van der Waals surface area contributed by atoms with Crippen LogP contribution in [0.2, 0.25) is 0 Å². The van der Waals surface area contributed by atoms with Crippen molar-refractivity contribution in [2.75, 3.05) is 20.4 Å². The van der Waals surface area contributed by atoms with Crippen LogP contribution in [0, 0.1) is 0 Å². The summed E-state index contributed by atoms with van der Waals surface area (Å²) in [5, 5.41) is 1.51. The molecule has 2 rings (SSSR count). The lowest BCUT2D eigenvalue weighted by Crippen LogP contribution is -2.30. The van der Waals surface area contributed by atoms with E-state index >= 15 is 0 Å². The van der Waals surface area contributed by atoms with Crippen molar-refractivity contribution in [3.8, 4) is 0 Å². The minimum atomic E-state index is -3.94. The Kier molecular flexibility index (Phi) is 5.91. The van der Waals surface area contributed by atoms with Gasteiger partial charge < -0.3 is 4.74 Å². The average molecular weight is 418 g/mol. The second-order valence-electron chi connectivity index (χ2n) is 5.64. The molecule has 1 aromatic heterocycles. The molecule has 0 bridgehead atoms. The number of nitrogens with zero attached hydrogens (tertiary/aromatic N) is 1. The molecule has 2 aromatic rings. The highest BCUT2D eigenvalue weighted by Crippen LogP contribution is 2.30. The van der Waals surface area contributed by atoms with Gasteiger partial charge in [-0.15, -0.1) is 11.3 Å². The number of hydrogen-bond donors (Lipinski definition) is 0. The number of hydrogen-bond acceptors (Lipinski definition) is 7. The number of benzene rings is 1. The molecule has 0 fully saturated rings. The molecular formula is C16H19NO6S3. The summed E-state index contributed by atoms with van der Waals surface area (Å²) in [6.07, 6.45) is 1.10. The highest BCUT2D eigenvalue weighted by atomic mass is 32.2. The van der Waals surface area contributed by atoms with Gasteiger partial charge in [0.15, 0.2) is 9.84 Å². The summed E-state index contributed by atoms with van der Waals surface area (Å²) in [5.41, 5.74) is 0.623. The zero-order chi connectivity index (χ0) is 19.7. The lowest BCUT2D eigenvalue weighted by atomic mass is 10.1. The van der Waals surface area contributed by atoms with Crippen LogP contribution in [0.5, 0.6) is 0 Å². The molecule has 1 unspecified atom stereocenters. The summed E-state index contributed by atoms with van der Waals surface area (Å²) in [5.74, 6) is -0.711. The van der Waals surface area contributed by atoms with Crippen molar-refractivity contribution >= 4 is 37.2 Å². The van der Waals surface area contributed by atoms with E-state index in [4.69, 9.17) is 0 Å². The number of ether oxygens (including phenoxy) is 1. The molecule has 0 saturated carbocycles. The molecule has 0 aliphatic rings. The van der Waals surface area contributed by atoms with E-state index in [0.29, 0.717) is 5.56 Å². The van der Waals surface area contributed by atoms with Gasteiger partial charge in [0, 0.05) is 19.3 Å². The Hall–Kier alpha value is -1.75. The number of carbonyl (C=O) groups excluding carboxylic acids is 1. The summed E-state index contributed by atoms with van der Waals surface area (Å²) < 4.78 is 54.7. The fourth-order valence-corrected chi connectivity index (χ4v) is 5.60. The summed E-state index contributed by atoms with van der Waals surface area (Å²) in [4.78, 5) is 11.8. The number of esters is 1. The van der Waals surface area contributed by atoms with Gasteiger partial charge in [-0.05, 0) is 36.1 Å². The Bertz CT molecular complexity index is 1010. The van der Waals surface area contributed by atoms with Crippen molar-refractivity contribution in [1.29, 1.82) is 0 Å². The van der Waals surface area contributed by atoms with Crippen LogP contribution in [0.25, 0.3) is 0 Å². The maximum atomic E-state index is 12.9. The largest absolute Gasteiger partial charge is 0.465 e. The number of thiophene rings is 1. The molecule has 142 valence electrons. The summed E-state index contributed by atoms with van der Waals surface area (Å²) in [6.45, 7) is 1.68. The first kappa shape index (κ1) is 20.6.